The van der Waals surface area contributed by atoms with E-state index >= 15 is 0 Å². The molecule has 4 nitrogen and oxygen atoms in total. The number of hydrogen-bond acceptors (Lipinski definition) is 2. The zero-order valence-electron chi connectivity index (χ0n) is 13.4. The Morgan fingerprint density at radius 1 is 1.08 bits per heavy atom. The lowest BCUT2D eigenvalue weighted by atomic mass is 10.2. The molecule has 2 N–H and O–H groups in total. The molecular weight excluding hydrogens is 363 g/mol. The second kappa shape index (κ2) is 7.40. The normalized spacial score (nSPS) is 13.0. The summed E-state index contributed by atoms with van der Waals surface area (Å²) in [4.78, 5) is 11.9. The number of nitrogens with one attached hydrogen (secondary N) is 2. The van der Waals surface area contributed by atoms with E-state index in [9.17, 15) is 18.0 Å². The summed E-state index contributed by atoms with van der Waals surface area (Å²) in [7, 11) is -3.61. The lowest BCUT2D eigenvalue weighted by Gasteiger charge is -2.18. The van der Waals surface area contributed by atoms with Gasteiger partial charge in [-0.25, -0.2) is 4.79 Å². The van der Waals surface area contributed by atoms with Gasteiger partial charge in [-0.15, -0.1) is 0 Å². The van der Waals surface area contributed by atoms with Crippen molar-refractivity contribution in [3.05, 3.63) is 60.7 Å². The molecule has 0 aliphatic heterocycles. The van der Waals surface area contributed by atoms with E-state index < -0.39 is 20.7 Å². The Labute approximate surface area is 149 Å². The standard InChI is InChI=1S/C18H14F3N3OS/c1-3-26(2,18(19,20)21)16-6-4-5-15(11-16)24-17(25)23-14-9-7-13(12-22)8-10-14/h4-11H,1-2H2,(H2,23,24,25). The first-order valence-electron chi connectivity index (χ1n) is 7.14. The Bertz CT molecular complexity index is 1010. The van der Waals surface area contributed by atoms with E-state index in [-0.39, 0.29) is 10.6 Å². The molecule has 26 heavy (non-hydrogen) atoms. The SMILES string of the molecule is C=C=S(=C)(c1cccc(NC(=O)Nc2ccc(C#N)cc2)c1)C(F)(F)F. The van der Waals surface area contributed by atoms with Crippen LogP contribution in [0.1, 0.15) is 5.56 Å². The van der Waals surface area contributed by atoms with Crippen LogP contribution in [0.3, 0.4) is 0 Å². The van der Waals surface area contributed by atoms with Crippen LogP contribution in [0.2, 0.25) is 0 Å². The molecule has 2 amide bonds. The second-order valence-electron chi connectivity index (χ2n) is 5.13. The number of benzene rings is 2. The number of rotatable bonds is 3. The number of nitriles is 1. The summed E-state index contributed by atoms with van der Waals surface area (Å²) in [6.45, 7) is 3.14. The number of carbonyl (C=O) groups excluding carboxylic acids is 1. The Balaban J connectivity index is 2.20. The smallest absolute Gasteiger partial charge is 0.308 e. The molecule has 0 radical (unpaired) electrons. The van der Waals surface area contributed by atoms with Crippen molar-refractivity contribution in [2.24, 2.45) is 0 Å². The number of anilines is 2. The molecule has 0 bridgehead atoms. The van der Waals surface area contributed by atoms with Gasteiger partial charge in [-0.2, -0.15) is 18.4 Å². The molecule has 0 heterocycles. The van der Waals surface area contributed by atoms with E-state index in [1.807, 2.05) is 11.1 Å². The molecule has 1 atom stereocenters. The maximum atomic E-state index is 13.3. The van der Waals surface area contributed by atoms with Crippen molar-refractivity contribution in [2.45, 2.75) is 10.4 Å². The largest absolute Gasteiger partial charge is 0.442 e. The van der Waals surface area contributed by atoms with Crippen LogP contribution < -0.4 is 10.6 Å². The van der Waals surface area contributed by atoms with Gasteiger partial charge in [-0.05, 0) is 51.7 Å². The predicted octanol–water partition coefficient (Wildman–Crippen LogP) is 4.90. The van der Waals surface area contributed by atoms with Crippen molar-refractivity contribution in [1.82, 2.24) is 0 Å². The zero-order valence-corrected chi connectivity index (χ0v) is 14.2. The highest BCUT2D eigenvalue weighted by molar-refractivity contribution is 8.28. The van der Waals surface area contributed by atoms with E-state index in [1.165, 1.54) is 48.5 Å². The van der Waals surface area contributed by atoms with Gasteiger partial charge in [0, 0.05) is 16.3 Å². The number of halogens is 3. The fourth-order valence-corrected chi connectivity index (χ4v) is 3.25. The molecule has 0 aliphatic carbocycles. The highest BCUT2D eigenvalue weighted by atomic mass is 32.2. The Morgan fingerprint density at radius 3 is 2.23 bits per heavy atom. The van der Waals surface area contributed by atoms with Crippen LogP contribution in [-0.2, 0) is 0 Å². The first-order valence-corrected chi connectivity index (χ1v) is 8.94. The molecule has 0 saturated carbocycles. The lowest BCUT2D eigenvalue weighted by molar-refractivity contribution is -0.0340. The average molecular weight is 377 g/mol. The van der Waals surface area contributed by atoms with E-state index in [0.29, 0.717) is 11.3 Å². The Hall–Kier alpha value is -3.14. The molecule has 2 aromatic carbocycles. The molecule has 134 valence electrons. The predicted molar refractivity (Wildman–Crippen MR) is 99.9 cm³/mol. The van der Waals surface area contributed by atoms with Gasteiger partial charge in [0.15, 0.2) is 0 Å². The quantitative estimate of drug-likeness (QED) is 0.747. The molecule has 2 aromatic rings. The highest BCUT2D eigenvalue weighted by Crippen LogP contribution is 2.49. The molecule has 0 spiro atoms. The fraction of sp³-hybridized carbons (Fsp3) is 0.0556. The highest BCUT2D eigenvalue weighted by Gasteiger charge is 2.36. The fourth-order valence-electron chi connectivity index (χ4n) is 2.01. The Kier molecular flexibility index (Phi) is 5.46. The van der Waals surface area contributed by atoms with Crippen molar-refractivity contribution in [3.8, 4) is 6.07 Å². The van der Waals surface area contributed by atoms with E-state index in [1.54, 1.807) is 0 Å². The number of hydrogen-bond donors (Lipinski definition) is 2. The Morgan fingerprint density at radius 2 is 1.69 bits per heavy atom. The maximum Gasteiger partial charge on any atom is 0.442 e. The molecule has 0 aromatic heterocycles. The summed E-state index contributed by atoms with van der Waals surface area (Å²) in [5.74, 6) is 3.26. The van der Waals surface area contributed by atoms with Gasteiger partial charge in [-0.1, -0.05) is 23.5 Å². The summed E-state index contributed by atoms with van der Waals surface area (Å²) in [6.07, 6.45) is 0. The average Bonchev–Trinajstić information content (AvgIpc) is 2.60. The van der Waals surface area contributed by atoms with Crippen LogP contribution >= 0.6 is 9.21 Å². The van der Waals surface area contributed by atoms with Crippen LogP contribution in [0.25, 0.3) is 0 Å². The monoisotopic (exact) mass is 377 g/mol. The van der Waals surface area contributed by atoms with Crippen LogP contribution in [0, 0.1) is 11.3 Å². The molecule has 8 heteroatoms. The van der Waals surface area contributed by atoms with Gasteiger partial charge in [0.2, 0.25) is 0 Å². The minimum atomic E-state index is -4.60. The van der Waals surface area contributed by atoms with Crippen LogP contribution in [0.4, 0.5) is 29.3 Å². The van der Waals surface area contributed by atoms with Crippen molar-refractivity contribution in [1.29, 1.82) is 5.26 Å². The molecule has 1 unspecified atom stereocenters. The minimum absolute atomic E-state index is 0.115. The number of amides is 2. The third-order valence-electron chi connectivity index (χ3n) is 3.41. The van der Waals surface area contributed by atoms with Crippen molar-refractivity contribution < 1.29 is 18.0 Å². The molecule has 2 rings (SSSR count). The maximum absolute atomic E-state index is 13.3. The second-order valence-corrected chi connectivity index (χ2v) is 7.83. The third kappa shape index (κ3) is 4.09. The minimum Gasteiger partial charge on any atom is -0.308 e. The lowest BCUT2D eigenvalue weighted by Crippen LogP contribution is -2.19. The van der Waals surface area contributed by atoms with Crippen molar-refractivity contribution in [2.75, 3.05) is 10.6 Å². The van der Waals surface area contributed by atoms with Gasteiger partial charge < -0.3 is 10.6 Å². The topological polar surface area (TPSA) is 64.9 Å². The van der Waals surface area contributed by atoms with Gasteiger partial charge in [-0.3, -0.25) is 0 Å². The first-order chi connectivity index (χ1) is 12.2. The summed E-state index contributed by atoms with van der Waals surface area (Å²) in [5.41, 5.74) is -3.55. The number of urea groups is 1. The van der Waals surface area contributed by atoms with E-state index in [0.717, 1.165) is 0 Å². The summed E-state index contributed by atoms with van der Waals surface area (Å²) >= 11 is 0. The van der Waals surface area contributed by atoms with E-state index in [4.69, 9.17) is 5.26 Å². The number of nitrogens with zero attached hydrogens (tertiary/aromatic N) is 1. The summed E-state index contributed by atoms with van der Waals surface area (Å²) in [6, 6.07) is 12.8. The van der Waals surface area contributed by atoms with Crippen LogP contribution in [0.15, 0.2) is 60.0 Å². The molecule has 0 saturated heterocycles. The molecule has 0 fully saturated rings. The van der Waals surface area contributed by atoms with Gasteiger partial charge >= 0.3 is 11.5 Å². The first kappa shape index (κ1) is 19.2. The zero-order chi connectivity index (χ0) is 19.4. The van der Waals surface area contributed by atoms with Gasteiger partial charge in [0.1, 0.15) is 0 Å². The van der Waals surface area contributed by atoms with Gasteiger partial charge in [0.25, 0.3) is 0 Å². The van der Waals surface area contributed by atoms with Gasteiger partial charge in [0.05, 0.1) is 11.6 Å². The van der Waals surface area contributed by atoms with Crippen molar-refractivity contribution in [3.63, 3.8) is 0 Å². The number of alkyl halides is 3. The van der Waals surface area contributed by atoms with E-state index in [2.05, 4.69) is 23.1 Å². The molecule has 0 aliphatic rings. The van der Waals surface area contributed by atoms with Crippen LogP contribution in [-0.4, -0.2) is 22.4 Å². The van der Waals surface area contributed by atoms with Crippen molar-refractivity contribution >= 4 is 37.5 Å². The number of carbonyl (C=O) groups is 1. The summed E-state index contributed by atoms with van der Waals surface area (Å²) in [5, 5.41) is 15.7. The third-order valence-corrected chi connectivity index (χ3v) is 5.75. The summed E-state index contributed by atoms with van der Waals surface area (Å²) < 4.78 is 39.9. The van der Waals surface area contributed by atoms with Crippen LogP contribution in [0.5, 0.6) is 0 Å². The molecular formula is C18H14F3N3OS.